The second-order valence-electron chi connectivity index (χ2n) is 5.84. The Morgan fingerprint density at radius 2 is 1.76 bits per heavy atom. The summed E-state index contributed by atoms with van der Waals surface area (Å²) >= 11 is 9.32. The van der Waals surface area contributed by atoms with Crippen LogP contribution in [0.2, 0.25) is 5.02 Å². The first-order valence-electron chi connectivity index (χ1n) is 8.07. The van der Waals surface area contributed by atoms with E-state index in [-0.39, 0.29) is 0 Å². The van der Waals surface area contributed by atoms with Crippen LogP contribution in [0, 0.1) is 0 Å². The number of fused-ring (bicyclic) bond motifs is 1. The fraction of sp³-hybridized carbons (Fsp3) is 0.263. The fourth-order valence-corrected chi connectivity index (χ4v) is 4.74. The third-order valence-electron chi connectivity index (χ3n) is 4.02. The first-order valence-corrected chi connectivity index (χ1v) is 11.1. The molecule has 0 amide bonds. The minimum absolute atomic E-state index is 0.301. The van der Waals surface area contributed by atoms with Gasteiger partial charge in [0.2, 0.25) is 9.84 Å². The van der Waals surface area contributed by atoms with E-state index >= 15 is 0 Å². The van der Waals surface area contributed by atoms with E-state index in [1.807, 2.05) is 24.3 Å². The minimum Gasteiger partial charge on any atom is -0.494 e. The van der Waals surface area contributed by atoms with Crippen molar-refractivity contribution in [2.45, 2.75) is 24.2 Å². The van der Waals surface area contributed by atoms with Crippen molar-refractivity contribution in [2.75, 3.05) is 11.9 Å². The fourth-order valence-electron chi connectivity index (χ4n) is 2.75. The van der Waals surface area contributed by atoms with Gasteiger partial charge in [0.25, 0.3) is 0 Å². The molecule has 3 rings (SSSR count). The van der Waals surface area contributed by atoms with Crippen LogP contribution in [0.4, 0.5) is 0 Å². The van der Waals surface area contributed by atoms with Crippen LogP contribution in [0.3, 0.4) is 0 Å². The van der Waals surface area contributed by atoms with E-state index in [1.165, 1.54) is 5.41 Å². The van der Waals surface area contributed by atoms with Crippen molar-refractivity contribution in [1.82, 2.24) is 0 Å². The van der Waals surface area contributed by atoms with Gasteiger partial charge in [0.1, 0.15) is 5.75 Å². The monoisotopic (exact) mass is 440 g/mol. The number of ether oxygens (including phenoxy) is 1. The maximum Gasteiger partial charge on any atom is 0.201 e. The van der Waals surface area contributed by atoms with E-state index in [0.717, 1.165) is 30.2 Å². The molecule has 132 valence electrons. The molecule has 0 radical (unpaired) electrons. The number of benzene rings is 2. The summed E-state index contributed by atoms with van der Waals surface area (Å²) in [6.07, 6.45) is 3.14. The van der Waals surface area contributed by atoms with Gasteiger partial charge in [-0.05, 0) is 55.2 Å². The zero-order chi connectivity index (χ0) is 17.9. The average Bonchev–Trinajstić information content (AvgIpc) is 2.86. The zero-order valence-electron chi connectivity index (χ0n) is 13.5. The molecule has 0 aliphatic carbocycles. The summed E-state index contributed by atoms with van der Waals surface area (Å²) in [5.41, 5.74) is 2.22. The molecule has 0 bridgehead atoms. The molecule has 0 spiro atoms. The molecule has 0 saturated carbocycles. The highest BCUT2D eigenvalue weighted by Crippen LogP contribution is 2.39. The average molecular weight is 442 g/mol. The second-order valence-corrected chi connectivity index (χ2v) is 8.83. The maximum absolute atomic E-state index is 12.5. The van der Waals surface area contributed by atoms with Crippen LogP contribution in [0.5, 0.6) is 5.75 Å². The Bertz CT molecular complexity index is 889. The van der Waals surface area contributed by atoms with Crippen LogP contribution in [0.25, 0.3) is 5.57 Å². The smallest absolute Gasteiger partial charge is 0.201 e. The van der Waals surface area contributed by atoms with Crippen molar-refractivity contribution in [3.05, 3.63) is 64.0 Å². The molecule has 1 aliphatic rings. The molecular formula is C19H18BrClO3S. The van der Waals surface area contributed by atoms with Crippen LogP contribution < -0.4 is 4.74 Å². The number of alkyl halides is 1. The van der Waals surface area contributed by atoms with Crippen LogP contribution >= 0.6 is 27.5 Å². The van der Waals surface area contributed by atoms with Gasteiger partial charge in [-0.2, -0.15) is 0 Å². The number of halogens is 2. The summed E-state index contributed by atoms with van der Waals surface area (Å²) < 4.78 is 30.7. The van der Waals surface area contributed by atoms with E-state index in [1.54, 1.807) is 18.2 Å². The lowest BCUT2D eigenvalue weighted by Crippen LogP contribution is -2.00. The molecule has 1 heterocycles. The van der Waals surface area contributed by atoms with E-state index in [4.69, 9.17) is 16.3 Å². The molecule has 0 N–H and O–H groups in total. The molecular weight excluding hydrogens is 424 g/mol. The lowest BCUT2D eigenvalue weighted by atomic mass is 10.00. The highest BCUT2D eigenvalue weighted by molar-refractivity contribution is 9.09. The molecule has 6 heteroatoms. The van der Waals surface area contributed by atoms with Gasteiger partial charge >= 0.3 is 0 Å². The molecule has 2 aromatic carbocycles. The van der Waals surface area contributed by atoms with Crippen LogP contribution in [0.1, 0.15) is 30.4 Å². The summed E-state index contributed by atoms with van der Waals surface area (Å²) in [5, 5.41) is 2.93. The summed E-state index contributed by atoms with van der Waals surface area (Å²) in [7, 11) is -3.46. The molecule has 0 unspecified atom stereocenters. The molecule has 0 fully saturated rings. The Labute approximate surface area is 161 Å². The van der Waals surface area contributed by atoms with Gasteiger partial charge in [-0.15, -0.1) is 0 Å². The number of rotatable bonds is 7. The topological polar surface area (TPSA) is 43.4 Å². The summed E-state index contributed by atoms with van der Waals surface area (Å²) in [6, 6.07) is 12.4. The lowest BCUT2D eigenvalue weighted by Gasteiger charge is -2.09. The summed E-state index contributed by atoms with van der Waals surface area (Å²) in [5.74, 6) is 0.590. The molecule has 0 atom stereocenters. The van der Waals surface area contributed by atoms with Crippen molar-refractivity contribution < 1.29 is 13.2 Å². The van der Waals surface area contributed by atoms with Gasteiger partial charge in [0.15, 0.2) is 0 Å². The predicted octanol–water partition coefficient (Wildman–Crippen LogP) is 5.46. The van der Waals surface area contributed by atoms with E-state index in [2.05, 4.69) is 15.9 Å². The van der Waals surface area contributed by atoms with Crippen molar-refractivity contribution >= 4 is 42.9 Å². The van der Waals surface area contributed by atoms with Crippen molar-refractivity contribution in [3.8, 4) is 5.75 Å². The number of hydrogen-bond donors (Lipinski definition) is 0. The number of sulfone groups is 1. The molecule has 0 saturated heterocycles. The third kappa shape index (κ3) is 4.27. The summed E-state index contributed by atoms with van der Waals surface area (Å²) in [6.45, 7) is 0.587. The largest absolute Gasteiger partial charge is 0.494 e. The van der Waals surface area contributed by atoms with Crippen molar-refractivity contribution in [2.24, 2.45) is 0 Å². The molecule has 0 aromatic heterocycles. The molecule has 1 aliphatic heterocycles. The van der Waals surface area contributed by atoms with Crippen molar-refractivity contribution in [1.29, 1.82) is 0 Å². The summed E-state index contributed by atoms with van der Waals surface area (Å²) in [4.78, 5) is 0.301. The van der Waals surface area contributed by atoms with Gasteiger partial charge in [-0.25, -0.2) is 8.42 Å². The quantitative estimate of drug-likeness (QED) is 0.423. The first-order chi connectivity index (χ1) is 12.0. The molecule has 3 nitrogen and oxygen atoms in total. The maximum atomic E-state index is 12.5. The number of unbranched alkanes of at least 4 members (excludes halogenated alkanes) is 2. The third-order valence-corrected chi connectivity index (χ3v) is 6.33. The van der Waals surface area contributed by atoms with Gasteiger partial charge in [0, 0.05) is 26.9 Å². The normalized spacial score (nSPS) is 14.9. The SMILES string of the molecule is O=S1(=O)C=C(c2ccc(Cl)cc2)c2ccc(OCCCCCBr)cc21. The van der Waals surface area contributed by atoms with Crippen LogP contribution in [-0.2, 0) is 9.84 Å². The first kappa shape index (κ1) is 18.5. The standard InChI is InChI=1S/C19H18BrClO3S/c20-10-2-1-3-11-24-16-8-9-17-18(13-25(22,23)19(17)12-16)14-4-6-15(21)7-5-14/h4-9,12-13H,1-3,10-11H2. The highest BCUT2D eigenvalue weighted by Gasteiger charge is 2.28. The van der Waals surface area contributed by atoms with E-state index in [9.17, 15) is 8.42 Å². The van der Waals surface area contributed by atoms with E-state index in [0.29, 0.717) is 33.4 Å². The molecule has 2 aromatic rings. The lowest BCUT2D eigenvalue weighted by molar-refractivity contribution is 0.306. The zero-order valence-corrected chi connectivity index (χ0v) is 16.7. The van der Waals surface area contributed by atoms with Gasteiger partial charge in [-0.1, -0.05) is 39.7 Å². The second kappa shape index (κ2) is 7.94. The van der Waals surface area contributed by atoms with Gasteiger partial charge in [0.05, 0.1) is 11.5 Å². The number of hydrogen-bond acceptors (Lipinski definition) is 3. The van der Waals surface area contributed by atoms with Crippen LogP contribution in [-0.4, -0.2) is 20.4 Å². The minimum atomic E-state index is -3.46. The Morgan fingerprint density at radius 3 is 2.48 bits per heavy atom. The Morgan fingerprint density at radius 1 is 1.00 bits per heavy atom. The van der Waals surface area contributed by atoms with Crippen LogP contribution in [0.15, 0.2) is 52.8 Å². The van der Waals surface area contributed by atoms with Crippen molar-refractivity contribution in [3.63, 3.8) is 0 Å². The highest BCUT2D eigenvalue weighted by atomic mass is 79.9. The van der Waals surface area contributed by atoms with Gasteiger partial charge < -0.3 is 4.74 Å². The van der Waals surface area contributed by atoms with Gasteiger partial charge in [-0.3, -0.25) is 0 Å². The Balaban J connectivity index is 1.82. The Hall–Kier alpha value is -1.30. The Kier molecular flexibility index (Phi) is 5.87. The predicted molar refractivity (Wildman–Crippen MR) is 105 cm³/mol. The van der Waals surface area contributed by atoms with E-state index < -0.39 is 9.84 Å². The molecule has 25 heavy (non-hydrogen) atoms.